The van der Waals surface area contributed by atoms with Gasteiger partial charge in [0, 0.05) is 18.6 Å². The molecule has 1 amide bonds. The number of carbonyl (C=O) groups is 2. The molecule has 0 spiro atoms. The van der Waals surface area contributed by atoms with Crippen molar-refractivity contribution in [1.82, 2.24) is 5.32 Å². The van der Waals surface area contributed by atoms with Gasteiger partial charge in [-0.15, -0.1) is 0 Å². The molecule has 104 valence electrons. The zero-order valence-corrected chi connectivity index (χ0v) is 10.6. The maximum Gasteiger partial charge on any atom is 0.326 e. The number of carboxylic acid groups (broad SMARTS) is 1. The van der Waals surface area contributed by atoms with E-state index in [1.165, 1.54) is 7.11 Å². The van der Waals surface area contributed by atoms with E-state index < -0.39 is 17.9 Å². The number of hydrogen-bond donors (Lipinski definition) is 3. The molecule has 6 heteroatoms. The average molecular weight is 267 g/mol. The molecule has 1 aromatic rings. The molecule has 3 N–H and O–H groups in total. The predicted octanol–water partition coefficient (Wildman–Crippen LogP) is 0.189. The summed E-state index contributed by atoms with van der Waals surface area (Å²) in [4.78, 5) is 22.6. The molecule has 0 radical (unpaired) electrons. The van der Waals surface area contributed by atoms with Crippen LogP contribution in [0.4, 0.5) is 0 Å². The molecular formula is C13H17NO5. The second-order valence-corrected chi connectivity index (χ2v) is 3.96. The van der Waals surface area contributed by atoms with Crippen molar-refractivity contribution in [2.75, 3.05) is 13.7 Å². The van der Waals surface area contributed by atoms with Crippen LogP contribution in [0.3, 0.4) is 0 Å². The number of ether oxygens (including phenoxy) is 1. The first-order valence-electron chi connectivity index (χ1n) is 5.83. The lowest BCUT2D eigenvalue weighted by molar-refractivity contribution is -0.142. The number of carboxylic acids is 1. The minimum absolute atomic E-state index is 0.0208. The van der Waals surface area contributed by atoms with Gasteiger partial charge in [-0.25, -0.2) is 4.79 Å². The van der Waals surface area contributed by atoms with Crippen LogP contribution in [0.1, 0.15) is 12.0 Å². The highest BCUT2D eigenvalue weighted by Crippen LogP contribution is 2.17. The minimum atomic E-state index is -1.16. The standard InChI is InChI=1S/C13H17NO5/c1-19-11-5-3-2-4-9(11)8-12(16)14-10(6-7-15)13(17)18/h2-5,10,15H,6-8H2,1H3,(H,14,16)(H,17,18). The van der Waals surface area contributed by atoms with E-state index in [-0.39, 0.29) is 19.4 Å². The Labute approximate surface area is 111 Å². The second-order valence-electron chi connectivity index (χ2n) is 3.96. The summed E-state index contributed by atoms with van der Waals surface area (Å²) in [6.45, 7) is -0.300. The maximum absolute atomic E-state index is 11.8. The minimum Gasteiger partial charge on any atom is -0.496 e. The largest absolute Gasteiger partial charge is 0.496 e. The first-order valence-corrected chi connectivity index (χ1v) is 5.83. The molecule has 6 nitrogen and oxygen atoms in total. The van der Waals surface area contributed by atoms with E-state index in [1.807, 2.05) is 0 Å². The first kappa shape index (κ1) is 15.0. The third-order valence-electron chi connectivity index (χ3n) is 2.59. The fourth-order valence-electron chi connectivity index (χ4n) is 1.65. The van der Waals surface area contributed by atoms with E-state index in [2.05, 4.69) is 5.32 Å². The molecule has 0 fully saturated rings. The Balaban J connectivity index is 2.66. The van der Waals surface area contributed by atoms with E-state index in [0.29, 0.717) is 11.3 Å². The van der Waals surface area contributed by atoms with Gasteiger partial charge in [-0.1, -0.05) is 18.2 Å². The van der Waals surface area contributed by atoms with Gasteiger partial charge in [0.1, 0.15) is 11.8 Å². The molecule has 0 saturated heterocycles. The van der Waals surface area contributed by atoms with Crippen LogP contribution in [0.25, 0.3) is 0 Å². The van der Waals surface area contributed by atoms with Crippen molar-refractivity contribution >= 4 is 11.9 Å². The molecule has 0 saturated carbocycles. The molecule has 0 aliphatic carbocycles. The van der Waals surface area contributed by atoms with Gasteiger partial charge in [0.15, 0.2) is 0 Å². The number of para-hydroxylation sites is 1. The van der Waals surface area contributed by atoms with Crippen LogP contribution in [-0.2, 0) is 16.0 Å². The van der Waals surface area contributed by atoms with E-state index in [4.69, 9.17) is 14.9 Å². The summed E-state index contributed by atoms with van der Waals surface area (Å²) < 4.78 is 5.11. The van der Waals surface area contributed by atoms with Gasteiger partial charge >= 0.3 is 5.97 Å². The Morgan fingerprint density at radius 1 is 1.37 bits per heavy atom. The molecule has 1 unspecified atom stereocenters. The zero-order chi connectivity index (χ0) is 14.3. The lowest BCUT2D eigenvalue weighted by atomic mass is 10.1. The zero-order valence-electron chi connectivity index (χ0n) is 10.6. The fraction of sp³-hybridized carbons (Fsp3) is 0.385. The summed E-state index contributed by atoms with van der Waals surface area (Å²) in [6.07, 6.45) is 0.00617. The van der Waals surface area contributed by atoms with Crippen molar-refractivity contribution in [2.24, 2.45) is 0 Å². The van der Waals surface area contributed by atoms with Gasteiger partial charge in [-0.05, 0) is 6.07 Å². The number of nitrogens with one attached hydrogen (secondary N) is 1. The Bertz CT molecular complexity index is 446. The number of benzene rings is 1. The normalized spacial score (nSPS) is 11.7. The van der Waals surface area contributed by atoms with Crippen LogP contribution in [0, 0.1) is 0 Å². The quantitative estimate of drug-likeness (QED) is 0.655. The molecule has 19 heavy (non-hydrogen) atoms. The number of aliphatic hydroxyl groups excluding tert-OH is 1. The van der Waals surface area contributed by atoms with E-state index in [0.717, 1.165) is 0 Å². The number of rotatable bonds is 7. The van der Waals surface area contributed by atoms with Gasteiger partial charge in [-0.3, -0.25) is 4.79 Å². The monoisotopic (exact) mass is 267 g/mol. The maximum atomic E-state index is 11.8. The Morgan fingerprint density at radius 2 is 2.05 bits per heavy atom. The number of aliphatic hydroxyl groups is 1. The van der Waals surface area contributed by atoms with Crippen molar-refractivity contribution in [3.05, 3.63) is 29.8 Å². The second kappa shape index (κ2) is 7.38. The van der Waals surface area contributed by atoms with Crippen LogP contribution >= 0.6 is 0 Å². The van der Waals surface area contributed by atoms with Crippen molar-refractivity contribution in [3.63, 3.8) is 0 Å². The Kier molecular flexibility index (Phi) is 5.81. The lowest BCUT2D eigenvalue weighted by Gasteiger charge is -2.14. The van der Waals surface area contributed by atoms with Gasteiger partial charge in [0.05, 0.1) is 13.5 Å². The smallest absolute Gasteiger partial charge is 0.326 e. The Morgan fingerprint density at radius 3 is 2.63 bits per heavy atom. The van der Waals surface area contributed by atoms with Crippen molar-refractivity contribution in [2.45, 2.75) is 18.9 Å². The third kappa shape index (κ3) is 4.59. The van der Waals surface area contributed by atoms with Gasteiger partial charge < -0.3 is 20.3 Å². The summed E-state index contributed by atoms with van der Waals surface area (Å²) in [5.74, 6) is -1.01. The van der Waals surface area contributed by atoms with Crippen molar-refractivity contribution in [1.29, 1.82) is 0 Å². The van der Waals surface area contributed by atoms with E-state index in [9.17, 15) is 9.59 Å². The number of amides is 1. The van der Waals surface area contributed by atoms with Gasteiger partial charge in [0.25, 0.3) is 0 Å². The molecule has 0 bridgehead atoms. The van der Waals surface area contributed by atoms with E-state index >= 15 is 0 Å². The summed E-state index contributed by atoms with van der Waals surface area (Å²) in [5, 5.41) is 20.0. The van der Waals surface area contributed by atoms with Gasteiger partial charge in [-0.2, -0.15) is 0 Å². The molecular weight excluding hydrogens is 250 g/mol. The van der Waals surface area contributed by atoms with Crippen molar-refractivity contribution in [3.8, 4) is 5.75 Å². The average Bonchev–Trinajstić information content (AvgIpc) is 2.38. The number of carbonyl (C=O) groups excluding carboxylic acids is 1. The van der Waals surface area contributed by atoms with Crippen LogP contribution < -0.4 is 10.1 Å². The third-order valence-corrected chi connectivity index (χ3v) is 2.59. The highest BCUT2D eigenvalue weighted by molar-refractivity contribution is 5.85. The lowest BCUT2D eigenvalue weighted by Crippen LogP contribution is -2.42. The first-order chi connectivity index (χ1) is 9.08. The fourth-order valence-corrected chi connectivity index (χ4v) is 1.65. The summed E-state index contributed by atoms with van der Waals surface area (Å²) >= 11 is 0. The Hall–Kier alpha value is -2.08. The topological polar surface area (TPSA) is 95.9 Å². The molecule has 0 heterocycles. The van der Waals surface area contributed by atoms with E-state index in [1.54, 1.807) is 24.3 Å². The van der Waals surface area contributed by atoms with Crippen LogP contribution in [0.2, 0.25) is 0 Å². The number of hydrogen-bond acceptors (Lipinski definition) is 4. The molecule has 0 aliphatic heterocycles. The predicted molar refractivity (Wildman–Crippen MR) is 68.0 cm³/mol. The molecule has 1 rings (SSSR count). The van der Waals surface area contributed by atoms with Gasteiger partial charge in [0.2, 0.25) is 5.91 Å². The number of methoxy groups -OCH3 is 1. The van der Waals surface area contributed by atoms with Crippen LogP contribution in [0.15, 0.2) is 24.3 Å². The molecule has 0 aliphatic rings. The van der Waals surface area contributed by atoms with Crippen LogP contribution in [-0.4, -0.2) is 41.8 Å². The SMILES string of the molecule is COc1ccccc1CC(=O)NC(CCO)C(=O)O. The van der Waals surface area contributed by atoms with Crippen LogP contribution in [0.5, 0.6) is 5.75 Å². The number of aliphatic carboxylic acids is 1. The molecule has 0 aromatic heterocycles. The van der Waals surface area contributed by atoms with Crippen molar-refractivity contribution < 1.29 is 24.5 Å². The highest BCUT2D eigenvalue weighted by atomic mass is 16.5. The summed E-state index contributed by atoms with van der Waals surface area (Å²) in [5.41, 5.74) is 0.677. The molecule has 1 atom stereocenters. The summed E-state index contributed by atoms with van der Waals surface area (Å²) in [7, 11) is 1.50. The highest BCUT2D eigenvalue weighted by Gasteiger charge is 2.19. The molecule has 1 aromatic carbocycles. The summed E-state index contributed by atoms with van der Waals surface area (Å²) in [6, 6.07) is 5.94.